The van der Waals surface area contributed by atoms with Crippen LogP contribution in [0, 0.1) is 5.82 Å². The summed E-state index contributed by atoms with van der Waals surface area (Å²) in [5.74, 6) is -0.370. The Hall–Kier alpha value is -4.38. The third kappa shape index (κ3) is 6.04. The van der Waals surface area contributed by atoms with E-state index in [-0.39, 0.29) is 23.2 Å². The number of ether oxygens (including phenoxy) is 1. The summed E-state index contributed by atoms with van der Waals surface area (Å²) in [6, 6.07) is 7.45. The van der Waals surface area contributed by atoms with Gasteiger partial charge in [0.15, 0.2) is 5.82 Å². The lowest BCUT2D eigenvalue weighted by atomic mass is 10.0. The second-order valence-electron chi connectivity index (χ2n) is 9.33. The third-order valence-electron chi connectivity index (χ3n) is 6.78. The number of aromatic nitrogens is 2. The number of aliphatic imine (C=N–C) groups is 1. The summed E-state index contributed by atoms with van der Waals surface area (Å²) in [4.78, 5) is 20.8. The minimum atomic E-state index is -0.659. The van der Waals surface area contributed by atoms with E-state index in [4.69, 9.17) is 4.74 Å². The molecule has 0 aliphatic carbocycles. The fourth-order valence-electron chi connectivity index (χ4n) is 4.28. The van der Waals surface area contributed by atoms with Crippen molar-refractivity contribution in [3.05, 3.63) is 66.4 Å². The van der Waals surface area contributed by atoms with Crippen molar-refractivity contribution in [2.45, 2.75) is 13.0 Å². The van der Waals surface area contributed by atoms with Crippen LogP contribution in [-0.2, 0) is 11.8 Å². The molecule has 0 spiro atoms. The number of halogens is 1. The van der Waals surface area contributed by atoms with Crippen LogP contribution in [0.5, 0.6) is 5.75 Å². The Morgan fingerprint density at radius 2 is 2.08 bits per heavy atom. The zero-order chi connectivity index (χ0) is 28.1. The Labute approximate surface area is 227 Å². The van der Waals surface area contributed by atoms with Crippen molar-refractivity contribution < 1.29 is 13.9 Å². The van der Waals surface area contributed by atoms with Gasteiger partial charge in [-0.2, -0.15) is 5.10 Å². The molecule has 1 aliphatic heterocycles. The smallest absolute Gasteiger partial charge is 0.247 e. The molecule has 4 rings (SSSR count). The minimum Gasteiger partial charge on any atom is -0.494 e. The van der Waals surface area contributed by atoms with Gasteiger partial charge in [-0.25, -0.2) is 4.39 Å². The standard InChI is InChI=1S/C28H35FN8O2/c1-7-25(38)34-27-22(36(4)12-11-35(3)8-2)15-23(39-6)28(26(27)29)33-24-14-20(30-17-31-24)18-9-10-21-19(13-18)16-32-37(21)5/h7,9-10,13-17,20,33H,1,8,11-12H2,2-6H3,(H,30,31)(H,34,38). The fourth-order valence-corrected chi connectivity index (χ4v) is 4.28. The average Bonchev–Trinajstić information content (AvgIpc) is 3.33. The van der Waals surface area contributed by atoms with Crippen molar-refractivity contribution in [2.75, 3.05) is 56.4 Å². The van der Waals surface area contributed by atoms with Crippen LogP contribution in [0.25, 0.3) is 10.9 Å². The molecule has 0 bridgehead atoms. The van der Waals surface area contributed by atoms with Gasteiger partial charge in [-0.05, 0) is 43.4 Å². The molecule has 0 saturated heterocycles. The third-order valence-corrected chi connectivity index (χ3v) is 6.78. The van der Waals surface area contributed by atoms with Gasteiger partial charge in [0.05, 0.1) is 36.9 Å². The maximum Gasteiger partial charge on any atom is 0.247 e. The van der Waals surface area contributed by atoms with Crippen LogP contribution in [0.3, 0.4) is 0 Å². The molecular weight excluding hydrogens is 499 g/mol. The molecule has 0 fully saturated rings. The number of carbonyl (C=O) groups is 1. The molecule has 2 heterocycles. The van der Waals surface area contributed by atoms with Crippen LogP contribution in [0.1, 0.15) is 18.5 Å². The number of aryl methyl sites for hydroxylation is 1. The molecule has 1 unspecified atom stereocenters. The number of methoxy groups -OCH3 is 1. The van der Waals surface area contributed by atoms with E-state index < -0.39 is 11.7 Å². The highest BCUT2D eigenvalue weighted by molar-refractivity contribution is 6.02. The van der Waals surface area contributed by atoms with E-state index in [2.05, 4.69) is 44.4 Å². The number of likely N-dealkylation sites (N-methyl/N-ethyl adjacent to an activating group) is 2. The number of carbonyl (C=O) groups excluding carboxylic acids is 1. The van der Waals surface area contributed by atoms with Crippen molar-refractivity contribution in [3.8, 4) is 5.75 Å². The normalized spacial score (nSPS) is 14.6. The molecule has 206 valence electrons. The van der Waals surface area contributed by atoms with E-state index >= 15 is 4.39 Å². The highest BCUT2D eigenvalue weighted by Crippen LogP contribution is 2.41. The molecule has 1 aliphatic rings. The molecular formula is C28H35FN8O2. The maximum atomic E-state index is 16.1. The van der Waals surface area contributed by atoms with Crippen molar-refractivity contribution in [1.29, 1.82) is 0 Å². The van der Waals surface area contributed by atoms with E-state index in [9.17, 15) is 4.79 Å². The lowest BCUT2D eigenvalue weighted by molar-refractivity contribution is -0.111. The van der Waals surface area contributed by atoms with Crippen molar-refractivity contribution in [3.63, 3.8) is 0 Å². The molecule has 11 heteroatoms. The van der Waals surface area contributed by atoms with Crippen LogP contribution in [-0.4, -0.2) is 67.8 Å². The molecule has 0 saturated carbocycles. The van der Waals surface area contributed by atoms with E-state index in [1.807, 2.05) is 61.2 Å². The predicted octanol–water partition coefficient (Wildman–Crippen LogP) is 3.86. The van der Waals surface area contributed by atoms with E-state index in [1.165, 1.54) is 7.11 Å². The number of amides is 1. The van der Waals surface area contributed by atoms with Crippen molar-refractivity contribution in [1.82, 2.24) is 20.0 Å². The number of nitrogens with one attached hydrogen (secondary N) is 3. The first-order valence-corrected chi connectivity index (χ1v) is 12.7. The van der Waals surface area contributed by atoms with Gasteiger partial charge in [0.2, 0.25) is 5.91 Å². The lowest BCUT2D eigenvalue weighted by Crippen LogP contribution is -2.31. The van der Waals surface area contributed by atoms with Gasteiger partial charge in [0.25, 0.3) is 0 Å². The van der Waals surface area contributed by atoms with Gasteiger partial charge >= 0.3 is 0 Å². The quantitative estimate of drug-likeness (QED) is 0.321. The van der Waals surface area contributed by atoms with Gasteiger partial charge in [-0.3, -0.25) is 14.5 Å². The van der Waals surface area contributed by atoms with Gasteiger partial charge in [0.1, 0.15) is 22.9 Å². The second-order valence-corrected chi connectivity index (χ2v) is 9.33. The highest BCUT2D eigenvalue weighted by atomic mass is 19.1. The summed E-state index contributed by atoms with van der Waals surface area (Å²) >= 11 is 0. The number of rotatable bonds is 11. The van der Waals surface area contributed by atoms with Gasteiger partial charge < -0.3 is 30.5 Å². The Kier molecular flexibility index (Phi) is 8.50. The summed E-state index contributed by atoms with van der Waals surface area (Å²) in [6.45, 7) is 7.83. The Bertz CT molecular complexity index is 1430. The SMILES string of the molecule is C=CC(=O)Nc1c(N(C)CCN(C)CC)cc(OC)c(NC2=CC(c3ccc4c(cnn4C)c3)N=CN2)c1F. The van der Waals surface area contributed by atoms with E-state index in [0.29, 0.717) is 18.1 Å². The largest absolute Gasteiger partial charge is 0.494 e. The first-order valence-electron chi connectivity index (χ1n) is 12.7. The molecule has 1 amide bonds. The van der Waals surface area contributed by atoms with Gasteiger partial charge in [0, 0.05) is 38.6 Å². The highest BCUT2D eigenvalue weighted by Gasteiger charge is 2.24. The topological polar surface area (TPSA) is 99.0 Å². The maximum absolute atomic E-state index is 16.1. The van der Waals surface area contributed by atoms with Crippen LogP contribution in [0.15, 0.2) is 60.0 Å². The summed E-state index contributed by atoms with van der Waals surface area (Å²) in [6.07, 6.45) is 6.35. The predicted molar refractivity (Wildman–Crippen MR) is 155 cm³/mol. The number of anilines is 3. The number of fused-ring (bicyclic) bond motifs is 1. The molecule has 0 radical (unpaired) electrons. The average molecular weight is 535 g/mol. The zero-order valence-electron chi connectivity index (χ0n) is 23.0. The summed E-state index contributed by atoms with van der Waals surface area (Å²) in [7, 11) is 7.23. The summed E-state index contributed by atoms with van der Waals surface area (Å²) in [5.41, 5.74) is 2.59. The summed E-state index contributed by atoms with van der Waals surface area (Å²) < 4.78 is 23.5. The molecule has 3 N–H and O–H groups in total. The zero-order valence-corrected chi connectivity index (χ0v) is 23.0. The number of benzene rings is 2. The Balaban J connectivity index is 1.67. The number of hydrogen-bond acceptors (Lipinski definition) is 8. The van der Waals surface area contributed by atoms with Gasteiger partial charge in [-0.15, -0.1) is 0 Å². The fraction of sp³-hybridized carbons (Fsp3) is 0.321. The molecule has 39 heavy (non-hydrogen) atoms. The Morgan fingerprint density at radius 1 is 1.28 bits per heavy atom. The minimum absolute atomic E-state index is 0.0357. The molecule has 2 aromatic carbocycles. The number of hydrogen-bond donors (Lipinski definition) is 3. The van der Waals surface area contributed by atoms with Crippen LogP contribution in [0.2, 0.25) is 0 Å². The number of nitrogens with zero attached hydrogens (tertiary/aromatic N) is 5. The second kappa shape index (κ2) is 12.0. The van der Waals surface area contributed by atoms with E-state index in [1.54, 1.807) is 12.4 Å². The molecule has 1 atom stereocenters. The van der Waals surface area contributed by atoms with Crippen molar-refractivity contribution >= 4 is 40.2 Å². The van der Waals surface area contributed by atoms with Crippen LogP contribution >= 0.6 is 0 Å². The lowest BCUT2D eigenvalue weighted by Gasteiger charge is -2.27. The van der Waals surface area contributed by atoms with Crippen LogP contribution in [0.4, 0.5) is 21.5 Å². The van der Waals surface area contributed by atoms with Crippen molar-refractivity contribution in [2.24, 2.45) is 12.0 Å². The molecule has 3 aromatic rings. The summed E-state index contributed by atoms with van der Waals surface area (Å²) in [5, 5.41) is 14.1. The van der Waals surface area contributed by atoms with Gasteiger partial charge in [-0.1, -0.05) is 19.6 Å². The van der Waals surface area contributed by atoms with E-state index in [0.717, 1.165) is 35.6 Å². The Morgan fingerprint density at radius 3 is 2.79 bits per heavy atom. The first-order chi connectivity index (χ1) is 18.7. The monoisotopic (exact) mass is 534 g/mol. The van der Waals surface area contributed by atoms with Crippen LogP contribution < -0.4 is 25.6 Å². The molecule has 1 aromatic heterocycles. The molecule has 10 nitrogen and oxygen atoms in total. The first kappa shape index (κ1) is 27.6.